The summed E-state index contributed by atoms with van der Waals surface area (Å²) in [6, 6.07) is 2.15. The Bertz CT molecular complexity index is 350. The first-order chi connectivity index (χ1) is 6.68. The lowest BCUT2D eigenvalue weighted by Crippen LogP contribution is -2.17. The Morgan fingerprint density at radius 3 is 2.86 bits per heavy atom. The Balaban J connectivity index is 2.13. The van der Waals surface area contributed by atoms with E-state index in [1.165, 1.54) is 11.3 Å². The van der Waals surface area contributed by atoms with Crippen LogP contribution in [0.25, 0.3) is 0 Å². The fraction of sp³-hybridized carbons (Fsp3) is 0.500. The van der Waals surface area contributed by atoms with Crippen LogP contribution in [0.2, 0.25) is 0 Å². The van der Waals surface area contributed by atoms with Crippen LogP contribution in [0.4, 0.5) is 0 Å². The molecule has 0 aromatic carbocycles. The number of carbonyl (C=O) groups excluding carboxylic acids is 1. The van der Waals surface area contributed by atoms with Gasteiger partial charge in [-0.2, -0.15) is 0 Å². The van der Waals surface area contributed by atoms with Crippen molar-refractivity contribution in [2.24, 2.45) is 11.7 Å². The maximum atomic E-state index is 12.0. The number of nitrogens with two attached hydrogens (primary N) is 1. The van der Waals surface area contributed by atoms with Crippen molar-refractivity contribution in [3.63, 3.8) is 0 Å². The molecule has 1 saturated carbocycles. The number of ketones is 1. The Morgan fingerprint density at radius 2 is 2.36 bits per heavy atom. The van der Waals surface area contributed by atoms with Crippen molar-refractivity contribution in [2.45, 2.75) is 25.3 Å². The van der Waals surface area contributed by atoms with Crippen LogP contribution in [0.1, 0.15) is 28.9 Å². The smallest absolute Gasteiger partial charge is 0.177 e. The Hall–Kier alpha value is -0.190. The first-order valence-electron chi connectivity index (χ1n) is 4.71. The summed E-state index contributed by atoms with van der Waals surface area (Å²) >= 11 is 4.90. The SMILES string of the molecule is NC1CCC(C(=O)c2sccc2Br)C1. The van der Waals surface area contributed by atoms with Crippen molar-refractivity contribution in [1.29, 1.82) is 0 Å². The van der Waals surface area contributed by atoms with Crippen LogP contribution in [-0.4, -0.2) is 11.8 Å². The minimum Gasteiger partial charge on any atom is -0.328 e. The summed E-state index contributed by atoms with van der Waals surface area (Å²) in [7, 11) is 0. The maximum absolute atomic E-state index is 12.0. The van der Waals surface area contributed by atoms with Crippen molar-refractivity contribution in [3.8, 4) is 0 Å². The molecule has 0 radical (unpaired) electrons. The second-order valence-corrected chi connectivity index (χ2v) is 5.50. The van der Waals surface area contributed by atoms with Crippen molar-refractivity contribution >= 4 is 33.0 Å². The molecule has 2 rings (SSSR count). The number of thiophene rings is 1. The number of carbonyl (C=O) groups is 1. The molecule has 0 aliphatic heterocycles. The molecule has 0 spiro atoms. The van der Waals surface area contributed by atoms with E-state index in [0.717, 1.165) is 28.6 Å². The summed E-state index contributed by atoms with van der Waals surface area (Å²) in [5.41, 5.74) is 5.79. The van der Waals surface area contributed by atoms with Crippen LogP contribution in [0.3, 0.4) is 0 Å². The topological polar surface area (TPSA) is 43.1 Å². The van der Waals surface area contributed by atoms with E-state index in [9.17, 15) is 4.79 Å². The number of rotatable bonds is 2. The zero-order valence-electron chi connectivity index (χ0n) is 7.70. The first-order valence-corrected chi connectivity index (χ1v) is 6.38. The summed E-state index contributed by atoms with van der Waals surface area (Å²) in [5.74, 6) is 0.416. The largest absolute Gasteiger partial charge is 0.328 e. The molecule has 4 heteroatoms. The zero-order valence-corrected chi connectivity index (χ0v) is 10.1. The van der Waals surface area contributed by atoms with Gasteiger partial charge in [0.25, 0.3) is 0 Å². The van der Waals surface area contributed by atoms with Gasteiger partial charge in [-0.05, 0) is 46.6 Å². The number of halogens is 1. The molecule has 1 aromatic rings. The van der Waals surface area contributed by atoms with Crippen LogP contribution < -0.4 is 5.73 Å². The van der Waals surface area contributed by atoms with Crippen LogP contribution in [0.15, 0.2) is 15.9 Å². The van der Waals surface area contributed by atoms with Gasteiger partial charge in [-0.3, -0.25) is 4.79 Å². The van der Waals surface area contributed by atoms with E-state index in [0.29, 0.717) is 0 Å². The van der Waals surface area contributed by atoms with Gasteiger partial charge in [0.2, 0.25) is 0 Å². The lowest BCUT2D eigenvalue weighted by Gasteiger charge is -2.06. The fourth-order valence-corrected chi connectivity index (χ4v) is 3.50. The Kier molecular flexibility index (Phi) is 3.04. The molecule has 1 aliphatic carbocycles. The highest BCUT2D eigenvalue weighted by atomic mass is 79.9. The number of Topliss-reactive ketones (excluding diaryl/α,β-unsaturated/α-hetero) is 1. The molecule has 2 unspecified atom stereocenters. The molecule has 1 heterocycles. The minimum absolute atomic E-state index is 0.153. The molecule has 2 nitrogen and oxygen atoms in total. The fourth-order valence-electron chi connectivity index (χ4n) is 1.91. The Labute approximate surface area is 95.6 Å². The molecule has 1 fully saturated rings. The van der Waals surface area contributed by atoms with Crippen LogP contribution >= 0.6 is 27.3 Å². The van der Waals surface area contributed by atoms with E-state index >= 15 is 0 Å². The molecular weight excluding hydrogens is 262 g/mol. The summed E-state index contributed by atoms with van der Waals surface area (Å²) in [4.78, 5) is 12.9. The molecule has 0 amide bonds. The van der Waals surface area contributed by atoms with Gasteiger partial charge in [0.15, 0.2) is 5.78 Å². The molecule has 76 valence electrons. The second kappa shape index (κ2) is 4.13. The van der Waals surface area contributed by atoms with E-state index in [1.54, 1.807) is 0 Å². The monoisotopic (exact) mass is 273 g/mol. The third-order valence-corrected chi connectivity index (χ3v) is 4.54. The summed E-state index contributed by atoms with van der Waals surface area (Å²) in [6.45, 7) is 0. The average Bonchev–Trinajstić information content (AvgIpc) is 2.73. The van der Waals surface area contributed by atoms with E-state index < -0.39 is 0 Å². The van der Waals surface area contributed by atoms with Crippen molar-refractivity contribution in [1.82, 2.24) is 0 Å². The first kappa shape index (κ1) is 10.3. The van der Waals surface area contributed by atoms with Crippen molar-refractivity contribution < 1.29 is 4.79 Å². The molecule has 0 saturated heterocycles. The van der Waals surface area contributed by atoms with Gasteiger partial charge in [-0.15, -0.1) is 11.3 Å². The highest BCUT2D eigenvalue weighted by molar-refractivity contribution is 9.10. The maximum Gasteiger partial charge on any atom is 0.177 e. The number of hydrogen-bond donors (Lipinski definition) is 1. The van der Waals surface area contributed by atoms with E-state index in [-0.39, 0.29) is 17.7 Å². The van der Waals surface area contributed by atoms with Crippen LogP contribution in [0.5, 0.6) is 0 Å². The van der Waals surface area contributed by atoms with Gasteiger partial charge in [0.1, 0.15) is 0 Å². The highest BCUT2D eigenvalue weighted by Gasteiger charge is 2.29. The Morgan fingerprint density at radius 1 is 1.57 bits per heavy atom. The third kappa shape index (κ3) is 1.92. The number of hydrogen-bond acceptors (Lipinski definition) is 3. The predicted molar refractivity (Wildman–Crippen MR) is 61.7 cm³/mol. The average molecular weight is 274 g/mol. The highest BCUT2D eigenvalue weighted by Crippen LogP contribution is 2.32. The second-order valence-electron chi connectivity index (χ2n) is 3.73. The van der Waals surface area contributed by atoms with Gasteiger partial charge in [0, 0.05) is 16.4 Å². The summed E-state index contributed by atoms with van der Waals surface area (Å²) in [5, 5.41) is 1.94. The lowest BCUT2D eigenvalue weighted by atomic mass is 10.0. The van der Waals surface area contributed by atoms with Gasteiger partial charge in [-0.25, -0.2) is 0 Å². The van der Waals surface area contributed by atoms with E-state index in [4.69, 9.17) is 5.73 Å². The standard InChI is InChI=1S/C10H12BrNOS/c11-8-3-4-14-10(8)9(13)6-1-2-7(12)5-6/h3-4,6-7H,1-2,5,12H2. The van der Waals surface area contributed by atoms with E-state index in [2.05, 4.69) is 15.9 Å². The predicted octanol–water partition coefficient (Wildman–Crippen LogP) is 2.82. The molecule has 0 bridgehead atoms. The third-order valence-electron chi connectivity index (χ3n) is 2.68. The van der Waals surface area contributed by atoms with Gasteiger partial charge in [-0.1, -0.05) is 0 Å². The molecule has 2 N–H and O–H groups in total. The molecular formula is C10H12BrNOS. The normalized spacial score (nSPS) is 26.7. The van der Waals surface area contributed by atoms with E-state index in [1.807, 2.05) is 11.4 Å². The molecule has 14 heavy (non-hydrogen) atoms. The van der Waals surface area contributed by atoms with Crippen LogP contribution in [0, 0.1) is 5.92 Å². The molecule has 1 aliphatic rings. The van der Waals surface area contributed by atoms with Gasteiger partial charge >= 0.3 is 0 Å². The lowest BCUT2D eigenvalue weighted by molar-refractivity contribution is 0.0925. The summed E-state index contributed by atoms with van der Waals surface area (Å²) < 4.78 is 0.924. The molecule has 1 aromatic heterocycles. The van der Waals surface area contributed by atoms with Crippen molar-refractivity contribution in [3.05, 3.63) is 20.8 Å². The minimum atomic E-state index is 0.153. The quantitative estimate of drug-likeness (QED) is 0.843. The van der Waals surface area contributed by atoms with Gasteiger partial charge < -0.3 is 5.73 Å². The summed E-state index contributed by atoms with van der Waals surface area (Å²) in [6.07, 6.45) is 2.78. The molecule has 2 atom stereocenters. The van der Waals surface area contributed by atoms with Gasteiger partial charge in [0.05, 0.1) is 4.88 Å². The van der Waals surface area contributed by atoms with Crippen LogP contribution in [-0.2, 0) is 0 Å². The zero-order chi connectivity index (χ0) is 10.1. The van der Waals surface area contributed by atoms with Crippen molar-refractivity contribution in [2.75, 3.05) is 0 Å².